The van der Waals surface area contributed by atoms with E-state index in [2.05, 4.69) is 25.8 Å². The lowest BCUT2D eigenvalue weighted by Gasteiger charge is -2.17. The number of benzene rings is 2. The summed E-state index contributed by atoms with van der Waals surface area (Å²) >= 11 is 6.28. The predicted octanol–water partition coefficient (Wildman–Crippen LogP) is 3.96. The standard InChI is InChI=1S/C26H21ClN8O3/c27-20-8-10-23(34-15-28-30-32-34)21(12-20)19-7-9-24(35(38)13-19)25(11-16-1-2-16)33-14-22(29-31-33)17-3-5-18(6-4-17)26(36)37/h3-10,12-16,25H,1-2,11H2,(H,36,37). The van der Waals surface area contributed by atoms with Gasteiger partial charge in [-0.25, -0.2) is 9.48 Å². The number of nitrogens with zero attached hydrogens (tertiary/aromatic N) is 8. The van der Waals surface area contributed by atoms with Gasteiger partial charge in [-0.2, -0.15) is 9.41 Å². The molecule has 12 heteroatoms. The summed E-state index contributed by atoms with van der Waals surface area (Å²) in [5, 5.41) is 43.1. The van der Waals surface area contributed by atoms with Gasteiger partial charge in [0, 0.05) is 27.8 Å². The van der Waals surface area contributed by atoms with Crippen molar-refractivity contribution in [1.82, 2.24) is 35.2 Å². The highest BCUT2D eigenvalue weighted by atomic mass is 35.5. The van der Waals surface area contributed by atoms with Crippen LogP contribution in [0.15, 0.2) is 73.3 Å². The van der Waals surface area contributed by atoms with Crippen LogP contribution in [0.2, 0.25) is 5.02 Å². The minimum atomic E-state index is -0.990. The molecule has 0 saturated heterocycles. The quantitative estimate of drug-likeness (QED) is 0.236. The molecule has 1 aliphatic rings. The molecule has 1 unspecified atom stereocenters. The van der Waals surface area contributed by atoms with Gasteiger partial charge >= 0.3 is 5.97 Å². The highest BCUT2D eigenvalue weighted by molar-refractivity contribution is 6.31. The fourth-order valence-corrected chi connectivity index (χ4v) is 4.67. The number of rotatable bonds is 8. The van der Waals surface area contributed by atoms with Crippen molar-refractivity contribution in [2.24, 2.45) is 5.92 Å². The summed E-state index contributed by atoms with van der Waals surface area (Å²) in [5.41, 5.74) is 4.16. The molecule has 0 radical (unpaired) electrons. The molecule has 5 aromatic rings. The van der Waals surface area contributed by atoms with Crippen molar-refractivity contribution in [1.29, 1.82) is 0 Å². The monoisotopic (exact) mass is 528 g/mol. The van der Waals surface area contributed by atoms with Gasteiger partial charge in [0.1, 0.15) is 18.1 Å². The molecule has 1 aliphatic carbocycles. The summed E-state index contributed by atoms with van der Waals surface area (Å²) in [6, 6.07) is 15.1. The molecule has 190 valence electrons. The maximum atomic E-state index is 13.4. The van der Waals surface area contributed by atoms with Crippen molar-refractivity contribution < 1.29 is 14.6 Å². The van der Waals surface area contributed by atoms with Crippen LogP contribution in [0, 0.1) is 11.1 Å². The Morgan fingerprint density at radius 1 is 1.11 bits per heavy atom. The van der Waals surface area contributed by atoms with E-state index >= 15 is 0 Å². The van der Waals surface area contributed by atoms with Crippen LogP contribution in [0.3, 0.4) is 0 Å². The van der Waals surface area contributed by atoms with Gasteiger partial charge in [-0.3, -0.25) is 0 Å². The maximum absolute atomic E-state index is 13.4. The van der Waals surface area contributed by atoms with Crippen LogP contribution in [0.1, 0.15) is 41.4 Å². The lowest BCUT2D eigenvalue weighted by Crippen LogP contribution is -2.35. The fraction of sp³-hybridized carbons (Fsp3) is 0.192. The van der Waals surface area contributed by atoms with E-state index in [-0.39, 0.29) is 11.6 Å². The molecule has 1 saturated carbocycles. The Hall–Kier alpha value is -4.64. The van der Waals surface area contributed by atoms with E-state index in [9.17, 15) is 10.0 Å². The summed E-state index contributed by atoms with van der Waals surface area (Å²) in [5.74, 6) is -0.475. The maximum Gasteiger partial charge on any atom is 0.335 e. The van der Waals surface area contributed by atoms with Gasteiger partial charge in [0.25, 0.3) is 0 Å². The number of carboxylic acid groups (broad SMARTS) is 1. The third kappa shape index (κ3) is 4.71. The molecule has 38 heavy (non-hydrogen) atoms. The average molecular weight is 529 g/mol. The zero-order valence-corrected chi connectivity index (χ0v) is 20.7. The van der Waals surface area contributed by atoms with Crippen molar-refractivity contribution >= 4 is 17.6 Å². The number of aromatic nitrogens is 8. The Morgan fingerprint density at radius 2 is 1.89 bits per heavy atom. The predicted molar refractivity (Wildman–Crippen MR) is 136 cm³/mol. The molecule has 1 atom stereocenters. The van der Waals surface area contributed by atoms with Crippen molar-refractivity contribution in [3.63, 3.8) is 0 Å². The largest absolute Gasteiger partial charge is 0.618 e. The summed E-state index contributed by atoms with van der Waals surface area (Å²) < 4.78 is 4.11. The van der Waals surface area contributed by atoms with Crippen molar-refractivity contribution in [2.75, 3.05) is 0 Å². The Morgan fingerprint density at radius 3 is 2.58 bits per heavy atom. The van der Waals surface area contributed by atoms with Gasteiger partial charge in [0.15, 0.2) is 6.20 Å². The number of carbonyl (C=O) groups is 1. The van der Waals surface area contributed by atoms with Crippen LogP contribution in [0.25, 0.3) is 28.1 Å². The number of aromatic carboxylic acids is 1. The van der Waals surface area contributed by atoms with Crippen molar-refractivity contribution in [3.8, 4) is 28.1 Å². The molecular weight excluding hydrogens is 508 g/mol. The van der Waals surface area contributed by atoms with Gasteiger partial charge in [-0.15, -0.1) is 10.2 Å². The normalized spacial score (nSPS) is 13.9. The molecule has 0 aliphatic heterocycles. The van der Waals surface area contributed by atoms with Crippen molar-refractivity contribution in [3.05, 3.63) is 94.8 Å². The number of halogens is 1. The highest BCUT2D eigenvalue weighted by Gasteiger charge is 2.32. The molecule has 2 aromatic carbocycles. The Balaban J connectivity index is 1.35. The highest BCUT2D eigenvalue weighted by Crippen LogP contribution is 2.39. The number of tetrazole rings is 1. The molecule has 0 amide bonds. The Labute approximate surface area is 221 Å². The molecule has 1 fully saturated rings. The summed E-state index contributed by atoms with van der Waals surface area (Å²) in [6.45, 7) is 0. The second-order valence-electron chi connectivity index (χ2n) is 9.25. The summed E-state index contributed by atoms with van der Waals surface area (Å²) in [6.07, 6.45) is 7.79. The van der Waals surface area contributed by atoms with E-state index in [4.69, 9.17) is 16.7 Å². The molecule has 0 spiro atoms. The molecule has 6 rings (SSSR count). The topological polar surface area (TPSA) is 139 Å². The van der Waals surface area contributed by atoms with Gasteiger partial charge < -0.3 is 10.3 Å². The van der Waals surface area contributed by atoms with Crippen LogP contribution in [0.4, 0.5) is 0 Å². The minimum absolute atomic E-state index is 0.197. The van der Waals surface area contributed by atoms with Crippen molar-refractivity contribution in [2.45, 2.75) is 25.3 Å². The smallest absolute Gasteiger partial charge is 0.335 e. The number of carboxylic acids is 1. The summed E-state index contributed by atoms with van der Waals surface area (Å²) in [4.78, 5) is 11.2. The van der Waals surface area contributed by atoms with Crippen LogP contribution in [0.5, 0.6) is 0 Å². The Kier molecular flexibility index (Phi) is 6.04. The van der Waals surface area contributed by atoms with Crippen LogP contribution in [-0.4, -0.2) is 46.3 Å². The first kappa shape index (κ1) is 23.7. The molecule has 3 aromatic heterocycles. The molecule has 11 nitrogen and oxygen atoms in total. The Bertz CT molecular complexity index is 1610. The first-order valence-corrected chi connectivity index (χ1v) is 12.4. The molecular formula is C26H21ClN8O3. The fourth-order valence-electron chi connectivity index (χ4n) is 4.50. The van der Waals surface area contributed by atoms with Gasteiger partial charge in [-0.05, 0) is 59.2 Å². The second kappa shape index (κ2) is 9.67. The van der Waals surface area contributed by atoms with Gasteiger partial charge in [0.05, 0.1) is 17.4 Å². The zero-order valence-electron chi connectivity index (χ0n) is 19.9. The van der Waals surface area contributed by atoms with Crippen LogP contribution < -0.4 is 4.73 Å². The average Bonchev–Trinajstić information content (AvgIpc) is 3.36. The SMILES string of the molecule is O=C(O)c1ccc(-c2cn(C(CC3CC3)c3ccc(-c4cc(Cl)ccc4-n4cnnn4)c[n+]3[O-])nn2)cc1. The van der Waals surface area contributed by atoms with E-state index in [1.165, 1.54) is 29.3 Å². The third-order valence-electron chi connectivity index (χ3n) is 6.66. The lowest BCUT2D eigenvalue weighted by atomic mass is 10.0. The molecule has 0 bridgehead atoms. The van der Waals surface area contributed by atoms with Crippen LogP contribution >= 0.6 is 11.6 Å². The first-order valence-electron chi connectivity index (χ1n) is 12.0. The van der Waals surface area contributed by atoms with Crippen LogP contribution in [-0.2, 0) is 0 Å². The second-order valence-corrected chi connectivity index (χ2v) is 9.68. The number of hydrogen-bond donors (Lipinski definition) is 1. The summed E-state index contributed by atoms with van der Waals surface area (Å²) in [7, 11) is 0. The molecule has 1 N–H and O–H groups in total. The van der Waals surface area contributed by atoms with Gasteiger partial charge in [-0.1, -0.05) is 41.8 Å². The number of hydrogen-bond acceptors (Lipinski definition) is 7. The number of pyridine rings is 1. The van der Waals surface area contributed by atoms with E-state index < -0.39 is 5.97 Å². The third-order valence-corrected chi connectivity index (χ3v) is 6.90. The van der Waals surface area contributed by atoms with Gasteiger partial charge in [0.2, 0.25) is 5.69 Å². The van der Waals surface area contributed by atoms with E-state index in [0.29, 0.717) is 39.1 Å². The zero-order chi connectivity index (χ0) is 26.2. The minimum Gasteiger partial charge on any atom is -0.618 e. The molecule has 3 heterocycles. The van der Waals surface area contributed by atoms with E-state index in [1.807, 2.05) is 12.1 Å². The van der Waals surface area contributed by atoms with E-state index in [1.54, 1.807) is 41.2 Å². The van der Waals surface area contributed by atoms with E-state index in [0.717, 1.165) is 29.6 Å². The first-order chi connectivity index (χ1) is 18.5. The lowest BCUT2D eigenvalue weighted by molar-refractivity contribution is -0.615.